The quantitative estimate of drug-likeness (QED) is 0.166. The third kappa shape index (κ3) is 6.81. The summed E-state index contributed by atoms with van der Waals surface area (Å²) in [5, 5.41) is 14.8. The van der Waals surface area contributed by atoms with Crippen molar-refractivity contribution in [2.75, 3.05) is 0 Å². The summed E-state index contributed by atoms with van der Waals surface area (Å²) >= 11 is 0. The minimum Gasteiger partial charge on any atom is -0.428 e. The van der Waals surface area contributed by atoms with E-state index in [1.54, 1.807) is 30.3 Å². The summed E-state index contributed by atoms with van der Waals surface area (Å²) in [7, 11) is 0. The Morgan fingerprint density at radius 1 is 0.884 bits per heavy atom. The fraction of sp³-hybridized carbons (Fsp3) is 0.152. The number of fused-ring (bicyclic) bond motifs is 1. The summed E-state index contributed by atoms with van der Waals surface area (Å²) in [5.74, 6) is -1.64. The first-order valence-corrected chi connectivity index (χ1v) is 13.2. The number of pyridine rings is 1. The smallest absolute Gasteiger partial charge is 0.428 e. The first kappa shape index (κ1) is 29.7. The topological polar surface area (TPSA) is 71.5 Å². The summed E-state index contributed by atoms with van der Waals surface area (Å²) in [4.78, 5) is 17.9. The second-order valence-electron chi connectivity index (χ2n) is 9.82. The molecule has 0 saturated carbocycles. The maximum atomic E-state index is 14.4. The van der Waals surface area contributed by atoms with Crippen molar-refractivity contribution in [3.63, 3.8) is 0 Å². The first-order chi connectivity index (χ1) is 20.6. The van der Waals surface area contributed by atoms with Crippen LogP contribution in [0.5, 0.6) is 5.75 Å². The average molecular weight is 593 g/mol. The molecule has 2 N–H and O–H groups in total. The molecule has 43 heavy (non-hydrogen) atoms. The third-order valence-corrected chi connectivity index (χ3v) is 6.87. The van der Waals surface area contributed by atoms with Crippen LogP contribution in [0.2, 0.25) is 0 Å². The molecule has 0 aliphatic rings. The largest absolute Gasteiger partial charge is 0.461 e. The van der Waals surface area contributed by atoms with E-state index < -0.39 is 42.2 Å². The highest BCUT2D eigenvalue weighted by Gasteiger charge is 2.44. The minimum atomic E-state index is -4.71. The van der Waals surface area contributed by atoms with Gasteiger partial charge >= 0.3 is 12.5 Å². The number of hydrogen-bond donors (Lipinski definition) is 2. The summed E-state index contributed by atoms with van der Waals surface area (Å²) in [5.41, 5.74) is 2.32. The molecule has 0 fully saturated rings. The van der Waals surface area contributed by atoms with Crippen LogP contribution >= 0.6 is 0 Å². The Kier molecular flexibility index (Phi) is 8.68. The van der Waals surface area contributed by atoms with Gasteiger partial charge in [-0.2, -0.15) is 17.6 Å². The van der Waals surface area contributed by atoms with E-state index in [9.17, 15) is 31.9 Å². The van der Waals surface area contributed by atoms with E-state index in [1.807, 2.05) is 30.3 Å². The van der Waals surface area contributed by atoms with Crippen LogP contribution in [0.3, 0.4) is 0 Å². The third-order valence-electron chi connectivity index (χ3n) is 6.87. The lowest BCUT2D eigenvalue weighted by Crippen LogP contribution is -2.41. The molecule has 0 aliphatic heterocycles. The van der Waals surface area contributed by atoms with Crippen LogP contribution in [0.1, 0.15) is 27.6 Å². The Morgan fingerprint density at radius 2 is 1.60 bits per heavy atom. The molecule has 2 unspecified atom stereocenters. The SMILES string of the molecule is O=C(NC(Cc1cccc(OC(F)(F)C(F)F)c1)C(O)c1ccc(-c2ccccc2)nc1)c1ccc(F)c2ccccc12. The van der Waals surface area contributed by atoms with Gasteiger partial charge in [0.25, 0.3) is 5.91 Å². The van der Waals surface area contributed by atoms with Crippen molar-refractivity contribution in [2.45, 2.75) is 31.1 Å². The van der Waals surface area contributed by atoms with Crippen LogP contribution in [0.4, 0.5) is 22.0 Å². The number of hydrogen-bond acceptors (Lipinski definition) is 4. The number of nitrogens with one attached hydrogen (secondary N) is 1. The molecule has 10 heteroatoms. The van der Waals surface area contributed by atoms with Crippen LogP contribution in [0, 0.1) is 5.82 Å². The Labute approximate surface area is 243 Å². The van der Waals surface area contributed by atoms with E-state index in [-0.39, 0.29) is 17.4 Å². The number of ether oxygens (including phenoxy) is 1. The van der Waals surface area contributed by atoms with Gasteiger partial charge in [0.15, 0.2) is 0 Å². The number of benzene rings is 4. The van der Waals surface area contributed by atoms with Crippen LogP contribution in [-0.2, 0) is 6.42 Å². The number of alkyl halides is 4. The molecule has 2 atom stereocenters. The number of halogens is 5. The molecule has 4 aromatic carbocycles. The Bertz CT molecular complexity index is 1720. The van der Waals surface area contributed by atoms with Crippen LogP contribution in [0.25, 0.3) is 22.0 Å². The van der Waals surface area contributed by atoms with Gasteiger partial charge in [-0.3, -0.25) is 9.78 Å². The lowest BCUT2D eigenvalue weighted by atomic mass is 9.95. The highest BCUT2D eigenvalue weighted by atomic mass is 19.3. The summed E-state index contributed by atoms with van der Waals surface area (Å²) in [6.45, 7) is 0. The molecule has 5 nitrogen and oxygen atoms in total. The molecule has 0 radical (unpaired) electrons. The molecule has 220 valence electrons. The minimum absolute atomic E-state index is 0.107. The van der Waals surface area contributed by atoms with Gasteiger partial charge in [-0.1, -0.05) is 72.8 Å². The summed E-state index contributed by atoms with van der Waals surface area (Å²) in [6.07, 6.45) is -8.73. The van der Waals surface area contributed by atoms with Gasteiger partial charge in [0, 0.05) is 28.3 Å². The van der Waals surface area contributed by atoms with E-state index in [0.29, 0.717) is 22.2 Å². The molecule has 0 spiro atoms. The predicted molar refractivity (Wildman–Crippen MR) is 152 cm³/mol. The van der Waals surface area contributed by atoms with Crippen molar-refractivity contribution in [3.8, 4) is 17.0 Å². The van der Waals surface area contributed by atoms with Crippen molar-refractivity contribution in [3.05, 3.63) is 132 Å². The van der Waals surface area contributed by atoms with Crippen molar-refractivity contribution < 1.29 is 36.6 Å². The van der Waals surface area contributed by atoms with Crippen molar-refractivity contribution in [1.29, 1.82) is 0 Å². The van der Waals surface area contributed by atoms with Gasteiger partial charge in [0.1, 0.15) is 17.7 Å². The zero-order valence-corrected chi connectivity index (χ0v) is 22.4. The van der Waals surface area contributed by atoms with E-state index in [2.05, 4.69) is 15.0 Å². The van der Waals surface area contributed by atoms with E-state index in [4.69, 9.17) is 0 Å². The molecule has 5 rings (SSSR count). The van der Waals surface area contributed by atoms with Gasteiger partial charge in [0.05, 0.1) is 11.7 Å². The summed E-state index contributed by atoms with van der Waals surface area (Å²) < 4.78 is 71.1. The molecule has 1 heterocycles. The lowest BCUT2D eigenvalue weighted by Gasteiger charge is -2.25. The fourth-order valence-corrected chi connectivity index (χ4v) is 4.73. The lowest BCUT2D eigenvalue weighted by molar-refractivity contribution is -0.253. The van der Waals surface area contributed by atoms with Crippen LogP contribution in [0.15, 0.2) is 109 Å². The second-order valence-corrected chi connectivity index (χ2v) is 9.82. The van der Waals surface area contributed by atoms with Crippen molar-refractivity contribution in [2.24, 2.45) is 0 Å². The molecule has 0 saturated heterocycles. The van der Waals surface area contributed by atoms with E-state index >= 15 is 0 Å². The summed E-state index contributed by atoms with van der Waals surface area (Å²) in [6, 6.07) is 25.6. The number of aromatic nitrogens is 1. The molecular formula is C33H25F5N2O3. The van der Waals surface area contributed by atoms with E-state index in [0.717, 1.165) is 17.7 Å². The number of aliphatic hydroxyl groups is 1. The van der Waals surface area contributed by atoms with Gasteiger partial charge in [-0.05, 0) is 47.7 Å². The number of carbonyl (C=O) groups excluding carboxylic acids is 1. The second kappa shape index (κ2) is 12.6. The molecule has 1 amide bonds. The zero-order valence-electron chi connectivity index (χ0n) is 22.4. The average Bonchev–Trinajstić information content (AvgIpc) is 3.01. The van der Waals surface area contributed by atoms with Crippen molar-refractivity contribution in [1.82, 2.24) is 10.3 Å². The van der Waals surface area contributed by atoms with Crippen LogP contribution < -0.4 is 10.1 Å². The number of amides is 1. The van der Waals surface area contributed by atoms with Crippen LogP contribution in [-0.4, -0.2) is 34.6 Å². The van der Waals surface area contributed by atoms with Gasteiger partial charge in [-0.15, -0.1) is 0 Å². The highest BCUT2D eigenvalue weighted by Crippen LogP contribution is 2.30. The number of aliphatic hydroxyl groups excluding tert-OH is 1. The number of rotatable bonds is 10. The molecule has 5 aromatic rings. The van der Waals surface area contributed by atoms with Gasteiger partial charge in [0.2, 0.25) is 0 Å². The highest BCUT2D eigenvalue weighted by molar-refractivity contribution is 6.07. The molecular weight excluding hydrogens is 567 g/mol. The number of carbonyl (C=O) groups is 1. The van der Waals surface area contributed by atoms with Crippen molar-refractivity contribution >= 4 is 16.7 Å². The molecule has 0 bridgehead atoms. The monoisotopic (exact) mass is 592 g/mol. The fourth-order valence-electron chi connectivity index (χ4n) is 4.73. The number of nitrogens with zero attached hydrogens (tertiary/aromatic N) is 1. The van der Waals surface area contributed by atoms with Gasteiger partial charge in [-0.25, -0.2) is 4.39 Å². The Balaban J connectivity index is 1.46. The van der Waals surface area contributed by atoms with Gasteiger partial charge < -0.3 is 15.2 Å². The normalized spacial score (nSPS) is 13.1. The molecule has 0 aliphatic carbocycles. The first-order valence-electron chi connectivity index (χ1n) is 13.2. The Morgan fingerprint density at radius 3 is 2.30 bits per heavy atom. The predicted octanol–water partition coefficient (Wildman–Crippen LogP) is 7.35. The standard InChI is InChI=1S/C33H25F5N2O3/c34-27-15-14-26(24-11-4-5-12-25(24)27)31(42)40-29(18-20-7-6-10-23(17-20)43-33(37,38)32(35)36)30(41)22-13-16-28(39-19-22)21-8-2-1-3-9-21/h1-17,19,29-30,32,41H,18H2,(H,40,42). The maximum Gasteiger partial charge on any atom is 0.461 e. The zero-order chi connectivity index (χ0) is 30.6. The molecule has 1 aromatic heterocycles. The maximum absolute atomic E-state index is 14.4. The Hall–Kier alpha value is -4.83. The van der Waals surface area contributed by atoms with E-state index in [1.165, 1.54) is 36.5 Å².